The second-order valence-corrected chi connectivity index (χ2v) is 6.90. The Morgan fingerprint density at radius 1 is 1.22 bits per heavy atom. The quantitative estimate of drug-likeness (QED) is 0.756. The van der Waals surface area contributed by atoms with Crippen molar-refractivity contribution in [3.05, 3.63) is 48.7 Å². The van der Waals surface area contributed by atoms with Gasteiger partial charge in [0.05, 0.1) is 0 Å². The highest BCUT2D eigenvalue weighted by Crippen LogP contribution is 2.30. The number of para-hydroxylation sites is 2. The molecular weight excluding hydrogens is 366 g/mol. The molecule has 27 heavy (non-hydrogen) atoms. The summed E-state index contributed by atoms with van der Waals surface area (Å²) in [6, 6.07) is 11.7. The number of carbonyl (C=O) groups excluding carboxylic acids is 2. The van der Waals surface area contributed by atoms with E-state index in [0.717, 1.165) is 5.75 Å². The first kappa shape index (κ1) is 19.0. The number of benzene rings is 1. The number of amides is 2. The van der Waals surface area contributed by atoms with Gasteiger partial charge in [0.25, 0.3) is 5.91 Å². The van der Waals surface area contributed by atoms with E-state index in [1.165, 1.54) is 0 Å². The van der Waals surface area contributed by atoms with Gasteiger partial charge in [0.1, 0.15) is 18.5 Å². The van der Waals surface area contributed by atoms with Crippen LogP contribution in [0.2, 0.25) is 0 Å². The predicted octanol–water partition coefficient (Wildman–Crippen LogP) is 2.10. The van der Waals surface area contributed by atoms with Crippen molar-refractivity contribution in [2.75, 3.05) is 23.9 Å². The molecule has 0 fully saturated rings. The van der Waals surface area contributed by atoms with Crippen LogP contribution in [0.5, 0.6) is 11.5 Å². The van der Waals surface area contributed by atoms with Crippen molar-refractivity contribution in [3.8, 4) is 11.5 Å². The summed E-state index contributed by atoms with van der Waals surface area (Å²) in [5.41, 5.74) is 0. The maximum Gasteiger partial charge on any atom is 0.265 e. The molecule has 8 heteroatoms. The number of ether oxygens (including phenoxy) is 2. The van der Waals surface area contributed by atoms with E-state index in [1.54, 1.807) is 48.3 Å². The van der Waals surface area contributed by atoms with E-state index in [0.29, 0.717) is 23.7 Å². The number of aromatic nitrogens is 1. The van der Waals surface area contributed by atoms with E-state index in [1.807, 2.05) is 18.4 Å². The van der Waals surface area contributed by atoms with Crippen molar-refractivity contribution in [1.29, 1.82) is 0 Å². The van der Waals surface area contributed by atoms with Crippen LogP contribution in [-0.2, 0) is 9.59 Å². The average Bonchev–Trinajstić information content (AvgIpc) is 2.71. The van der Waals surface area contributed by atoms with Crippen LogP contribution in [-0.4, -0.2) is 47.6 Å². The van der Waals surface area contributed by atoms with Crippen molar-refractivity contribution >= 4 is 29.4 Å². The van der Waals surface area contributed by atoms with Crippen LogP contribution >= 0.6 is 11.8 Å². The van der Waals surface area contributed by atoms with Crippen LogP contribution in [0.15, 0.2) is 48.7 Å². The molecule has 0 saturated heterocycles. The molecule has 0 aliphatic carbocycles. The molecule has 1 aromatic heterocycles. The highest BCUT2D eigenvalue weighted by Gasteiger charge is 2.30. The zero-order valence-corrected chi connectivity index (χ0v) is 15.7. The van der Waals surface area contributed by atoms with Gasteiger partial charge in [-0.1, -0.05) is 18.2 Å². The SMILES string of the molecule is CSCCC(NC(=O)C1COc2ccccc2O1)C(=O)Nc1ccccn1. The first-order valence-corrected chi connectivity index (χ1v) is 9.96. The van der Waals surface area contributed by atoms with Crippen LogP contribution in [0, 0.1) is 0 Å². The van der Waals surface area contributed by atoms with Gasteiger partial charge in [-0.15, -0.1) is 0 Å². The van der Waals surface area contributed by atoms with Gasteiger partial charge in [-0.2, -0.15) is 11.8 Å². The molecule has 2 unspecified atom stereocenters. The summed E-state index contributed by atoms with van der Waals surface area (Å²) in [6.07, 6.45) is 3.23. The Morgan fingerprint density at radius 2 is 2.00 bits per heavy atom. The Bertz CT molecular complexity index is 788. The first-order chi connectivity index (χ1) is 13.2. The lowest BCUT2D eigenvalue weighted by Gasteiger charge is -2.27. The lowest BCUT2D eigenvalue weighted by molar-refractivity contribution is -0.133. The zero-order chi connectivity index (χ0) is 19.1. The summed E-state index contributed by atoms with van der Waals surface area (Å²) in [4.78, 5) is 29.3. The lowest BCUT2D eigenvalue weighted by Crippen LogP contribution is -2.51. The number of thioether (sulfide) groups is 1. The molecule has 2 amide bonds. The molecule has 7 nitrogen and oxygen atoms in total. The Morgan fingerprint density at radius 3 is 2.74 bits per heavy atom. The lowest BCUT2D eigenvalue weighted by atomic mass is 10.2. The highest BCUT2D eigenvalue weighted by molar-refractivity contribution is 7.98. The fraction of sp³-hybridized carbons (Fsp3) is 0.316. The fourth-order valence-corrected chi connectivity index (χ4v) is 3.04. The minimum atomic E-state index is -0.806. The van der Waals surface area contributed by atoms with Gasteiger partial charge >= 0.3 is 0 Å². The molecular formula is C19H21N3O4S. The second-order valence-electron chi connectivity index (χ2n) is 5.91. The third-order valence-electron chi connectivity index (χ3n) is 3.96. The topological polar surface area (TPSA) is 89.5 Å². The normalized spacial score (nSPS) is 16.3. The predicted molar refractivity (Wildman–Crippen MR) is 104 cm³/mol. The van der Waals surface area contributed by atoms with Gasteiger partial charge < -0.3 is 20.1 Å². The second kappa shape index (κ2) is 9.27. The van der Waals surface area contributed by atoms with Crippen molar-refractivity contribution in [2.24, 2.45) is 0 Å². The van der Waals surface area contributed by atoms with Gasteiger partial charge in [0, 0.05) is 6.20 Å². The number of nitrogens with zero attached hydrogens (tertiary/aromatic N) is 1. The largest absolute Gasteiger partial charge is 0.485 e. The van der Waals surface area contributed by atoms with Gasteiger partial charge in [0.2, 0.25) is 12.0 Å². The van der Waals surface area contributed by atoms with E-state index in [4.69, 9.17) is 9.47 Å². The van der Waals surface area contributed by atoms with Gasteiger partial charge in [0.15, 0.2) is 11.5 Å². The fourth-order valence-electron chi connectivity index (χ4n) is 2.57. The van der Waals surface area contributed by atoms with E-state index in [9.17, 15) is 9.59 Å². The molecule has 2 atom stereocenters. The van der Waals surface area contributed by atoms with Crippen molar-refractivity contribution in [3.63, 3.8) is 0 Å². The van der Waals surface area contributed by atoms with E-state index in [-0.39, 0.29) is 18.4 Å². The van der Waals surface area contributed by atoms with Gasteiger partial charge in [-0.3, -0.25) is 9.59 Å². The number of hydrogen-bond donors (Lipinski definition) is 2. The van der Waals surface area contributed by atoms with Crippen LogP contribution < -0.4 is 20.1 Å². The smallest absolute Gasteiger partial charge is 0.265 e. The molecule has 1 aliphatic heterocycles. The Balaban J connectivity index is 1.63. The van der Waals surface area contributed by atoms with Crippen LogP contribution in [0.25, 0.3) is 0 Å². The monoisotopic (exact) mass is 387 g/mol. The third-order valence-corrected chi connectivity index (χ3v) is 4.60. The van der Waals surface area contributed by atoms with Crippen LogP contribution in [0.4, 0.5) is 5.82 Å². The molecule has 0 bridgehead atoms. The highest BCUT2D eigenvalue weighted by atomic mass is 32.2. The number of hydrogen-bond acceptors (Lipinski definition) is 6. The summed E-state index contributed by atoms with van der Waals surface area (Å²) < 4.78 is 11.3. The summed E-state index contributed by atoms with van der Waals surface area (Å²) in [5, 5.41) is 5.50. The zero-order valence-electron chi connectivity index (χ0n) is 14.9. The molecule has 0 saturated carbocycles. The van der Waals surface area contributed by atoms with E-state index < -0.39 is 12.1 Å². The molecule has 0 spiro atoms. The van der Waals surface area contributed by atoms with Gasteiger partial charge in [-0.25, -0.2) is 4.98 Å². The summed E-state index contributed by atoms with van der Waals surface area (Å²) in [7, 11) is 0. The number of anilines is 1. The minimum Gasteiger partial charge on any atom is -0.485 e. The van der Waals surface area contributed by atoms with E-state index >= 15 is 0 Å². The molecule has 2 heterocycles. The molecule has 3 rings (SSSR count). The Kier molecular flexibility index (Phi) is 6.54. The summed E-state index contributed by atoms with van der Waals surface area (Å²) >= 11 is 1.60. The van der Waals surface area contributed by atoms with Crippen LogP contribution in [0.3, 0.4) is 0 Å². The molecule has 2 aromatic rings. The maximum absolute atomic E-state index is 12.6. The summed E-state index contributed by atoms with van der Waals surface area (Å²) in [5.74, 6) is 1.60. The Hall–Kier alpha value is -2.74. The average molecular weight is 387 g/mol. The maximum atomic E-state index is 12.6. The molecule has 1 aliphatic rings. The van der Waals surface area contributed by atoms with Crippen molar-refractivity contribution < 1.29 is 19.1 Å². The minimum absolute atomic E-state index is 0.0972. The molecule has 1 aromatic carbocycles. The Labute approximate surface area is 161 Å². The molecule has 2 N–H and O–H groups in total. The molecule has 0 radical (unpaired) electrons. The van der Waals surface area contributed by atoms with Crippen molar-refractivity contribution in [2.45, 2.75) is 18.6 Å². The number of rotatable bonds is 7. The first-order valence-electron chi connectivity index (χ1n) is 8.57. The standard InChI is InChI=1S/C19H21N3O4S/c1-27-11-9-13(18(23)22-17-8-4-5-10-20-17)21-19(24)16-12-25-14-6-2-3-7-15(14)26-16/h2-8,10,13,16H,9,11-12H2,1H3,(H,21,24)(H,20,22,23). The van der Waals surface area contributed by atoms with E-state index in [2.05, 4.69) is 15.6 Å². The number of fused-ring (bicyclic) bond motifs is 1. The molecule has 142 valence electrons. The third kappa shape index (κ3) is 5.13. The number of nitrogens with one attached hydrogen (secondary N) is 2. The summed E-state index contributed by atoms with van der Waals surface area (Å²) in [6.45, 7) is 0.0972. The van der Waals surface area contributed by atoms with Crippen LogP contribution in [0.1, 0.15) is 6.42 Å². The van der Waals surface area contributed by atoms with Gasteiger partial charge in [-0.05, 0) is 42.7 Å². The number of carbonyl (C=O) groups is 2. The van der Waals surface area contributed by atoms with Crippen molar-refractivity contribution in [1.82, 2.24) is 10.3 Å². The number of pyridine rings is 1.